The molecular formula is C16H21ClN4O4. The van der Waals surface area contributed by atoms with Crippen molar-refractivity contribution < 1.29 is 14.4 Å². The second kappa shape index (κ2) is 9.36. The van der Waals surface area contributed by atoms with Crippen LogP contribution >= 0.6 is 11.6 Å². The highest BCUT2D eigenvalue weighted by Gasteiger charge is 2.20. The normalized spacial score (nSPS) is 15.8. The van der Waals surface area contributed by atoms with E-state index >= 15 is 0 Å². The van der Waals surface area contributed by atoms with Gasteiger partial charge in [0, 0.05) is 49.2 Å². The summed E-state index contributed by atoms with van der Waals surface area (Å²) in [6.07, 6.45) is 1.99. The first kappa shape index (κ1) is 19.2. The lowest BCUT2D eigenvalue weighted by Crippen LogP contribution is -2.37. The highest BCUT2D eigenvalue weighted by Crippen LogP contribution is 2.33. The summed E-state index contributed by atoms with van der Waals surface area (Å²) in [7, 11) is 0. The van der Waals surface area contributed by atoms with E-state index in [1.54, 1.807) is 0 Å². The van der Waals surface area contributed by atoms with E-state index in [-0.39, 0.29) is 27.9 Å². The minimum atomic E-state index is -0.529. The number of nitrogens with zero attached hydrogens (tertiary/aromatic N) is 3. The maximum Gasteiger partial charge on any atom is 0.311 e. The zero-order valence-electron chi connectivity index (χ0n) is 13.8. The van der Waals surface area contributed by atoms with Crippen LogP contribution in [0.25, 0.3) is 0 Å². The quantitative estimate of drug-likeness (QED) is 0.248. The average Bonchev–Trinajstić information content (AvgIpc) is 2.59. The van der Waals surface area contributed by atoms with Crippen LogP contribution in [0, 0.1) is 10.1 Å². The number of nitrogens with two attached hydrogens (primary N) is 1. The summed E-state index contributed by atoms with van der Waals surface area (Å²) >= 11 is 5.97. The number of hydrogen-bond acceptors (Lipinski definition) is 7. The molecule has 0 aromatic heterocycles. The molecule has 0 saturated carbocycles. The molecule has 1 saturated heterocycles. The zero-order chi connectivity index (χ0) is 18.2. The number of morpholine rings is 1. The summed E-state index contributed by atoms with van der Waals surface area (Å²) < 4.78 is 10.9. The van der Waals surface area contributed by atoms with Crippen molar-refractivity contribution in [3.8, 4) is 5.75 Å². The van der Waals surface area contributed by atoms with Gasteiger partial charge in [-0.3, -0.25) is 15.0 Å². The molecule has 0 amide bonds. The molecule has 0 bridgehead atoms. The molecule has 1 aliphatic heterocycles. The molecule has 0 atom stereocenters. The molecular weight excluding hydrogens is 348 g/mol. The Labute approximate surface area is 151 Å². The van der Waals surface area contributed by atoms with E-state index in [1.807, 2.05) is 0 Å². The number of nitro groups is 1. The van der Waals surface area contributed by atoms with Gasteiger partial charge in [0.05, 0.1) is 24.7 Å². The number of benzene rings is 1. The SMILES string of the molecule is C=CN=C(Cl)c1cc([N+](=O)[O-])c(OCCCN2CCOCC2)cc1N. The molecule has 1 aromatic rings. The van der Waals surface area contributed by atoms with Crippen molar-refractivity contribution in [3.05, 3.63) is 40.6 Å². The summed E-state index contributed by atoms with van der Waals surface area (Å²) in [6.45, 7) is 7.89. The van der Waals surface area contributed by atoms with Crippen LogP contribution in [0.1, 0.15) is 12.0 Å². The fourth-order valence-electron chi connectivity index (χ4n) is 2.47. The summed E-state index contributed by atoms with van der Waals surface area (Å²) in [5, 5.41) is 11.3. The van der Waals surface area contributed by atoms with Crippen molar-refractivity contribution in [2.24, 2.45) is 4.99 Å². The second-order valence-corrected chi connectivity index (χ2v) is 5.78. The first-order valence-corrected chi connectivity index (χ1v) is 8.26. The van der Waals surface area contributed by atoms with Gasteiger partial charge in [-0.25, -0.2) is 4.99 Å². The molecule has 1 heterocycles. The molecule has 1 aliphatic rings. The lowest BCUT2D eigenvalue weighted by Gasteiger charge is -2.26. The third-order valence-electron chi connectivity index (χ3n) is 3.73. The van der Waals surface area contributed by atoms with E-state index in [0.29, 0.717) is 6.61 Å². The Morgan fingerprint density at radius 2 is 2.24 bits per heavy atom. The average molecular weight is 369 g/mol. The monoisotopic (exact) mass is 368 g/mol. The van der Waals surface area contributed by atoms with Gasteiger partial charge in [-0.1, -0.05) is 18.2 Å². The molecule has 1 fully saturated rings. The molecule has 2 N–H and O–H groups in total. The Morgan fingerprint density at radius 3 is 2.88 bits per heavy atom. The van der Waals surface area contributed by atoms with Crippen LogP contribution in [0.15, 0.2) is 29.9 Å². The minimum absolute atomic E-state index is 0.0365. The summed E-state index contributed by atoms with van der Waals surface area (Å²) in [4.78, 5) is 16.8. The van der Waals surface area contributed by atoms with Crippen molar-refractivity contribution in [2.75, 3.05) is 45.2 Å². The van der Waals surface area contributed by atoms with Crippen molar-refractivity contribution in [1.82, 2.24) is 4.90 Å². The van der Waals surface area contributed by atoms with E-state index in [2.05, 4.69) is 16.5 Å². The number of anilines is 1. The number of nitro benzene ring substituents is 1. The number of aliphatic imine (C=N–C) groups is 1. The predicted molar refractivity (Wildman–Crippen MR) is 97.5 cm³/mol. The van der Waals surface area contributed by atoms with Gasteiger partial charge >= 0.3 is 5.69 Å². The highest BCUT2D eigenvalue weighted by molar-refractivity contribution is 6.70. The van der Waals surface area contributed by atoms with Crippen LogP contribution in [-0.2, 0) is 4.74 Å². The van der Waals surface area contributed by atoms with Crippen molar-refractivity contribution >= 4 is 28.1 Å². The summed E-state index contributed by atoms with van der Waals surface area (Å²) in [6, 6.07) is 2.67. The van der Waals surface area contributed by atoms with Crippen LogP contribution in [-0.4, -0.2) is 54.4 Å². The largest absolute Gasteiger partial charge is 0.487 e. The van der Waals surface area contributed by atoms with Gasteiger partial charge in [0.2, 0.25) is 0 Å². The molecule has 25 heavy (non-hydrogen) atoms. The highest BCUT2D eigenvalue weighted by atomic mass is 35.5. The number of ether oxygens (including phenoxy) is 2. The topological polar surface area (TPSA) is 103 Å². The van der Waals surface area contributed by atoms with Gasteiger partial charge in [0.15, 0.2) is 5.75 Å². The van der Waals surface area contributed by atoms with Crippen molar-refractivity contribution in [3.63, 3.8) is 0 Å². The zero-order valence-corrected chi connectivity index (χ0v) is 14.6. The van der Waals surface area contributed by atoms with Crippen LogP contribution in [0.4, 0.5) is 11.4 Å². The Hall–Kier alpha value is -2.16. The van der Waals surface area contributed by atoms with Gasteiger partial charge in [0.25, 0.3) is 0 Å². The first-order valence-electron chi connectivity index (χ1n) is 7.88. The molecule has 0 aliphatic carbocycles. The third kappa shape index (κ3) is 5.42. The Kier molecular flexibility index (Phi) is 7.17. The number of halogens is 1. The molecule has 8 nitrogen and oxygen atoms in total. The maximum absolute atomic E-state index is 11.3. The maximum atomic E-state index is 11.3. The number of nitrogen functional groups attached to an aromatic ring is 1. The fraction of sp³-hybridized carbons (Fsp3) is 0.438. The Bertz CT molecular complexity index is 660. The van der Waals surface area contributed by atoms with E-state index in [0.717, 1.165) is 39.3 Å². The minimum Gasteiger partial charge on any atom is -0.487 e. The standard InChI is InChI=1S/C16H21ClN4O4/c1-2-19-16(17)12-10-14(21(22)23)15(11-13(12)18)25-7-3-4-20-5-8-24-9-6-20/h2,10-11H,1,3-9,18H2. The molecule has 136 valence electrons. The van der Waals surface area contributed by atoms with Gasteiger partial charge in [0.1, 0.15) is 5.17 Å². The third-order valence-corrected chi connectivity index (χ3v) is 4.04. The van der Waals surface area contributed by atoms with Crippen LogP contribution in [0.5, 0.6) is 5.75 Å². The summed E-state index contributed by atoms with van der Waals surface area (Å²) in [5.74, 6) is 0.122. The van der Waals surface area contributed by atoms with E-state index < -0.39 is 4.92 Å². The number of rotatable bonds is 8. The Balaban J connectivity index is 2.03. The van der Waals surface area contributed by atoms with Crippen LogP contribution < -0.4 is 10.5 Å². The lowest BCUT2D eigenvalue weighted by atomic mass is 10.1. The molecule has 0 spiro atoms. The first-order chi connectivity index (χ1) is 12.0. The van der Waals surface area contributed by atoms with Crippen molar-refractivity contribution in [2.45, 2.75) is 6.42 Å². The number of hydrogen-bond donors (Lipinski definition) is 1. The molecule has 9 heteroatoms. The lowest BCUT2D eigenvalue weighted by molar-refractivity contribution is -0.385. The van der Waals surface area contributed by atoms with Crippen LogP contribution in [0.3, 0.4) is 0 Å². The summed E-state index contributed by atoms with van der Waals surface area (Å²) in [5.41, 5.74) is 6.24. The van der Waals surface area contributed by atoms with E-state index in [9.17, 15) is 10.1 Å². The van der Waals surface area contributed by atoms with Crippen molar-refractivity contribution in [1.29, 1.82) is 0 Å². The molecule has 0 unspecified atom stereocenters. The smallest absolute Gasteiger partial charge is 0.311 e. The Morgan fingerprint density at radius 1 is 1.52 bits per heavy atom. The fourth-order valence-corrected chi connectivity index (χ4v) is 2.70. The van der Waals surface area contributed by atoms with Gasteiger partial charge in [-0.15, -0.1) is 0 Å². The predicted octanol–water partition coefficient (Wildman–Crippen LogP) is 2.41. The second-order valence-electron chi connectivity index (χ2n) is 5.42. The molecule has 1 aromatic carbocycles. The van der Waals surface area contributed by atoms with E-state index in [4.69, 9.17) is 26.8 Å². The molecule has 0 radical (unpaired) electrons. The van der Waals surface area contributed by atoms with Gasteiger partial charge in [-0.05, 0) is 6.42 Å². The van der Waals surface area contributed by atoms with Crippen LogP contribution in [0.2, 0.25) is 0 Å². The van der Waals surface area contributed by atoms with Gasteiger partial charge < -0.3 is 15.2 Å². The van der Waals surface area contributed by atoms with Gasteiger partial charge in [-0.2, -0.15) is 0 Å². The molecule has 2 rings (SSSR count). The van der Waals surface area contributed by atoms with E-state index in [1.165, 1.54) is 18.3 Å².